The monoisotopic (exact) mass is 438 g/mol. The molecule has 0 unspecified atom stereocenters. The van der Waals surface area contributed by atoms with Crippen LogP contribution in [0.15, 0.2) is 80.9 Å². The number of thiophene rings is 1. The number of benzene rings is 1. The Morgan fingerprint density at radius 3 is 2.07 bits per heavy atom. The van der Waals surface area contributed by atoms with E-state index in [1.54, 1.807) is 17.4 Å². The molecule has 1 aliphatic rings. The summed E-state index contributed by atoms with van der Waals surface area (Å²) in [6.07, 6.45) is 3.95. The standard InChI is InChI=1S/C25H27ClN2OS/c1-24(2,3)19-13-16(14-20(23(19)29)25(4,5)6)22(21-11-8-12-30-21)28-27-18-10-7-9-17(26)15-18/h7-15H,1-6H3. The molecular formula is C25H27ClN2OS. The van der Waals surface area contributed by atoms with Crippen molar-refractivity contribution in [3.05, 3.63) is 80.5 Å². The lowest BCUT2D eigenvalue weighted by molar-refractivity contribution is -0.114. The summed E-state index contributed by atoms with van der Waals surface area (Å²) in [5.41, 5.74) is 3.35. The number of carbonyl (C=O) groups is 1. The molecule has 30 heavy (non-hydrogen) atoms. The number of halogens is 1. The maximum atomic E-state index is 13.3. The molecule has 0 radical (unpaired) electrons. The summed E-state index contributed by atoms with van der Waals surface area (Å²) in [6, 6.07) is 11.3. The molecule has 3 nitrogen and oxygen atoms in total. The van der Waals surface area contributed by atoms with Crippen LogP contribution in [0.2, 0.25) is 5.02 Å². The minimum absolute atomic E-state index is 0.107. The Morgan fingerprint density at radius 1 is 0.933 bits per heavy atom. The third kappa shape index (κ3) is 5.05. The highest BCUT2D eigenvalue weighted by molar-refractivity contribution is 7.11. The number of rotatable bonds is 3. The molecular weight excluding hydrogens is 412 g/mol. The second kappa shape index (κ2) is 8.44. The summed E-state index contributed by atoms with van der Waals surface area (Å²) in [5, 5.41) is 11.7. The summed E-state index contributed by atoms with van der Waals surface area (Å²) >= 11 is 7.70. The fourth-order valence-corrected chi connectivity index (χ4v) is 4.10. The van der Waals surface area contributed by atoms with Crippen LogP contribution in [0.1, 0.15) is 46.4 Å². The number of carbonyl (C=O) groups excluding carboxylic acids is 1. The third-order valence-corrected chi connectivity index (χ3v) is 5.92. The zero-order valence-corrected chi connectivity index (χ0v) is 19.9. The highest BCUT2D eigenvalue weighted by Crippen LogP contribution is 2.41. The van der Waals surface area contributed by atoms with E-state index in [9.17, 15) is 4.79 Å². The van der Waals surface area contributed by atoms with E-state index < -0.39 is 0 Å². The Bertz CT molecular complexity index is 1040. The van der Waals surface area contributed by atoms with E-state index in [0.717, 1.165) is 27.3 Å². The van der Waals surface area contributed by atoms with Gasteiger partial charge >= 0.3 is 0 Å². The van der Waals surface area contributed by atoms with Crippen molar-refractivity contribution < 1.29 is 4.79 Å². The molecule has 0 N–H and O–H groups in total. The van der Waals surface area contributed by atoms with E-state index in [0.29, 0.717) is 10.7 Å². The normalized spacial score (nSPS) is 15.4. The second-order valence-electron chi connectivity index (χ2n) is 9.41. The van der Waals surface area contributed by atoms with Gasteiger partial charge in [0.25, 0.3) is 0 Å². The van der Waals surface area contributed by atoms with E-state index in [2.05, 4.69) is 51.8 Å². The minimum atomic E-state index is -0.280. The van der Waals surface area contributed by atoms with E-state index in [1.165, 1.54) is 0 Å². The number of nitrogens with zero attached hydrogens (tertiary/aromatic N) is 2. The Labute approximate surface area is 187 Å². The van der Waals surface area contributed by atoms with E-state index in [-0.39, 0.29) is 16.6 Å². The van der Waals surface area contributed by atoms with Gasteiger partial charge in [-0.25, -0.2) is 0 Å². The van der Waals surface area contributed by atoms with Crippen molar-refractivity contribution in [2.45, 2.75) is 41.5 Å². The number of ketones is 1. The predicted molar refractivity (Wildman–Crippen MR) is 127 cm³/mol. The summed E-state index contributed by atoms with van der Waals surface area (Å²) in [5.74, 6) is 0.107. The van der Waals surface area contributed by atoms with Crippen molar-refractivity contribution in [2.75, 3.05) is 0 Å². The molecule has 0 saturated heterocycles. The van der Waals surface area contributed by atoms with Crippen molar-refractivity contribution >= 4 is 40.1 Å². The predicted octanol–water partition coefficient (Wildman–Crippen LogP) is 8.42. The Hall–Kier alpha value is -2.30. The van der Waals surface area contributed by atoms with Crippen molar-refractivity contribution in [3.8, 4) is 0 Å². The molecule has 0 aliphatic heterocycles. The molecule has 0 atom stereocenters. The van der Waals surface area contributed by atoms with Crippen LogP contribution in [0.4, 0.5) is 5.69 Å². The second-order valence-corrected chi connectivity index (χ2v) is 10.8. The van der Waals surface area contributed by atoms with Crippen LogP contribution in [-0.2, 0) is 4.79 Å². The quantitative estimate of drug-likeness (QED) is 0.443. The smallest absolute Gasteiger partial charge is 0.186 e. The first-order valence-electron chi connectivity index (χ1n) is 9.91. The molecule has 0 spiro atoms. The molecule has 1 aromatic heterocycles. The Morgan fingerprint density at radius 2 is 1.57 bits per heavy atom. The van der Waals surface area contributed by atoms with E-state index >= 15 is 0 Å². The van der Waals surface area contributed by atoms with Crippen molar-refractivity contribution in [1.82, 2.24) is 0 Å². The first kappa shape index (κ1) is 22.4. The average molecular weight is 439 g/mol. The molecule has 0 bridgehead atoms. The highest BCUT2D eigenvalue weighted by atomic mass is 35.5. The molecule has 0 saturated carbocycles. The van der Waals surface area contributed by atoms with Crippen LogP contribution >= 0.6 is 22.9 Å². The molecule has 5 heteroatoms. The summed E-state index contributed by atoms with van der Waals surface area (Å²) in [7, 11) is 0. The van der Waals surface area contributed by atoms with Gasteiger partial charge in [0.15, 0.2) is 5.78 Å². The lowest BCUT2D eigenvalue weighted by Crippen LogP contribution is -2.28. The van der Waals surface area contributed by atoms with Crippen molar-refractivity contribution in [2.24, 2.45) is 21.1 Å². The zero-order chi connectivity index (χ0) is 22.1. The summed E-state index contributed by atoms with van der Waals surface area (Å²) in [6.45, 7) is 12.4. The number of hydrogen-bond acceptors (Lipinski definition) is 4. The fraction of sp³-hybridized carbons (Fsp3) is 0.320. The van der Waals surface area contributed by atoms with Gasteiger partial charge in [-0.1, -0.05) is 65.3 Å². The van der Waals surface area contributed by atoms with E-state index in [4.69, 9.17) is 11.6 Å². The van der Waals surface area contributed by atoms with Crippen LogP contribution < -0.4 is 0 Å². The average Bonchev–Trinajstić information content (AvgIpc) is 3.15. The number of allylic oxidation sites excluding steroid dienone is 5. The topological polar surface area (TPSA) is 41.8 Å². The van der Waals surface area contributed by atoms with Crippen LogP contribution in [-0.4, -0.2) is 5.78 Å². The molecule has 2 aromatic rings. The van der Waals surface area contributed by atoms with Crippen LogP contribution in [0.3, 0.4) is 0 Å². The maximum absolute atomic E-state index is 13.3. The van der Waals surface area contributed by atoms with Crippen molar-refractivity contribution in [1.29, 1.82) is 0 Å². The van der Waals surface area contributed by atoms with Crippen molar-refractivity contribution in [3.63, 3.8) is 0 Å². The molecule has 0 amide bonds. The van der Waals surface area contributed by atoms with Gasteiger partial charge in [-0.15, -0.1) is 16.5 Å². The Kier molecular flexibility index (Phi) is 6.30. The van der Waals surface area contributed by atoms with Gasteiger partial charge in [0.1, 0.15) is 5.70 Å². The lowest BCUT2D eigenvalue weighted by atomic mass is 9.71. The van der Waals surface area contributed by atoms with E-state index in [1.807, 2.05) is 47.9 Å². The molecule has 1 heterocycles. The molecule has 1 aromatic carbocycles. The number of azo groups is 1. The molecule has 3 rings (SSSR count). The van der Waals surface area contributed by atoms with Gasteiger partial charge in [0.2, 0.25) is 0 Å². The van der Waals surface area contributed by atoms with Crippen LogP contribution in [0.25, 0.3) is 5.70 Å². The zero-order valence-electron chi connectivity index (χ0n) is 18.3. The summed E-state index contributed by atoms with van der Waals surface area (Å²) < 4.78 is 0. The maximum Gasteiger partial charge on any atom is 0.186 e. The summed E-state index contributed by atoms with van der Waals surface area (Å²) in [4.78, 5) is 14.3. The van der Waals surface area contributed by atoms with Gasteiger partial charge in [0.05, 0.1) is 10.6 Å². The Balaban J connectivity index is 2.24. The molecule has 1 aliphatic carbocycles. The lowest BCUT2D eigenvalue weighted by Gasteiger charge is -2.31. The fourth-order valence-electron chi connectivity index (χ4n) is 3.19. The van der Waals surface area contributed by atoms with Gasteiger partial charge in [-0.3, -0.25) is 4.79 Å². The van der Waals surface area contributed by atoms with Crippen LogP contribution in [0, 0.1) is 10.8 Å². The minimum Gasteiger partial charge on any atom is -0.289 e. The van der Waals surface area contributed by atoms with Gasteiger partial charge in [-0.2, -0.15) is 5.11 Å². The van der Waals surface area contributed by atoms with Crippen LogP contribution in [0.5, 0.6) is 0 Å². The van der Waals surface area contributed by atoms with Gasteiger partial charge in [-0.05, 0) is 52.6 Å². The highest BCUT2D eigenvalue weighted by Gasteiger charge is 2.34. The largest absolute Gasteiger partial charge is 0.289 e. The van der Waals surface area contributed by atoms with Gasteiger partial charge < -0.3 is 0 Å². The number of hydrogen-bond donors (Lipinski definition) is 0. The first-order valence-corrected chi connectivity index (χ1v) is 11.2. The molecule has 0 fully saturated rings. The third-order valence-electron chi connectivity index (χ3n) is 4.81. The van der Waals surface area contributed by atoms with Gasteiger partial charge in [0, 0.05) is 21.7 Å². The molecule has 156 valence electrons. The first-order chi connectivity index (χ1) is 14.0. The SMILES string of the molecule is CC(C)(C)C1=CC(=C(N=Nc2cccc(Cl)c2)c2cccs2)C=C(C(C)(C)C)C1=O. The number of Topliss-reactive ketones (excluding diaryl/α,β-unsaturated/α-hetero) is 1.